The first kappa shape index (κ1) is 14.2. The largest absolute Gasteiger partial charge is 0.316 e. The number of nitrogens with zero attached hydrogens (tertiary/aromatic N) is 2. The molecule has 0 aliphatic heterocycles. The first-order valence-corrected chi connectivity index (χ1v) is 6.68. The lowest BCUT2D eigenvalue weighted by Crippen LogP contribution is -2.17. The van der Waals surface area contributed by atoms with Gasteiger partial charge < -0.3 is 5.32 Å². The Morgan fingerprint density at radius 1 is 1.18 bits per heavy atom. The molecule has 1 amide bonds. The maximum Gasteiger partial charge on any atom is 0.274 e. The van der Waals surface area contributed by atoms with Gasteiger partial charge in [-0.3, -0.25) is 9.20 Å². The van der Waals surface area contributed by atoms with E-state index in [4.69, 9.17) is 0 Å². The maximum atomic E-state index is 13.6. The molecular weight excluding hydrogens is 288 g/mol. The summed E-state index contributed by atoms with van der Waals surface area (Å²) in [5, 5.41) is 2.28. The maximum absolute atomic E-state index is 13.6. The average Bonchev–Trinajstić information content (AvgIpc) is 2.78. The molecule has 22 heavy (non-hydrogen) atoms. The smallest absolute Gasteiger partial charge is 0.274 e. The van der Waals surface area contributed by atoms with E-state index in [0.717, 1.165) is 17.7 Å². The number of carbonyl (C=O) groups is 1. The topological polar surface area (TPSA) is 46.4 Å². The van der Waals surface area contributed by atoms with Gasteiger partial charge in [-0.15, -0.1) is 0 Å². The number of rotatable bonds is 2. The lowest BCUT2D eigenvalue weighted by Gasteiger charge is -2.08. The van der Waals surface area contributed by atoms with Crippen LogP contribution in [0.15, 0.2) is 36.5 Å². The molecule has 0 spiro atoms. The van der Waals surface area contributed by atoms with Crippen molar-refractivity contribution in [2.45, 2.75) is 13.8 Å². The van der Waals surface area contributed by atoms with E-state index in [1.54, 1.807) is 17.5 Å². The predicted octanol–water partition coefficient (Wildman–Crippen LogP) is 3.48. The summed E-state index contributed by atoms with van der Waals surface area (Å²) in [6.45, 7) is 3.59. The van der Waals surface area contributed by atoms with Crippen molar-refractivity contribution in [1.29, 1.82) is 0 Å². The summed E-state index contributed by atoms with van der Waals surface area (Å²) in [6, 6.07) is 7.07. The number of hydrogen-bond donors (Lipinski definition) is 1. The van der Waals surface area contributed by atoms with Crippen molar-refractivity contribution in [1.82, 2.24) is 9.38 Å². The fraction of sp³-hybridized carbons (Fsp3) is 0.125. The third kappa shape index (κ3) is 2.32. The number of nitrogens with one attached hydrogen (secondary N) is 1. The number of pyridine rings is 1. The van der Waals surface area contributed by atoms with Gasteiger partial charge in [0.05, 0.1) is 5.69 Å². The minimum Gasteiger partial charge on any atom is -0.316 e. The zero-order valence-corrected chi connectivity index (χ0v) is 12.0. The molecule has 1 N–H and O–H groups in total. The molecule has 0 radical (unpaired) electrons. The van der Waals surface area contributed by atoms with Crippen LogP contribution in [0.4, 0.5) is 14.5 Å². The van der Waals surface area contributed by atoms with Crippen LogP contribution in [0.2, 0.25) is 0 Å². The summed E-state index contributed by atoms with van der Waals surface area (Å²) in [5.41, 5.74) is 1.88. The number of anilines is 1. The van der Waals surface area contributed by atoms with Crippen molar-refractivity contribution >= 4 is 17.2 Å². The fourth-order valence-corrected chi connectivity index (χ4v) is 2.33. The Labute approximate surface area is 125 Å². The number of aryl methyl sites for hydroxylation is 2. The Morgan fingerprint density at radius 3 is 2.55 bits per heavy atom. The fourth-order valence-electron chi connectivity index (χ4n) is 2.33. The minimum absolute atomic E-state index is 0.248. The molecule has 0 aliphatic carbocycles. The van der Waals surface area contributed by atoms with E-state index in [0.29, 0.717) is 11.3 Å². The van der Waals surface area contributed by atoms with E-state index in [2.05, 4.69) is 10.3 Å². The first-order valence-electron chi connectivity index (χ1n) is 6.68. The molecule has 0 saturated heterocycles. The third-order valence-electron chi connectivity index (χ3n) is 3.37. The molecule has 0 atom stereocenters. The molecular formula is C16H13F2N3O. The van der Waals surface area contributed by atoms with Crippen molar-refractivity contribution < 1.29 is 13.6 Å². The molecule has 112 valence electrons. The highest BCUT2D eigenvalue weighted by molar-refractivity contribution is 6.04. The van der Waals surface area contributed by atoms with Crippen LogP contribution >= 0.6 is 0 Å². The van der Waals surface area contributed by atoms with Crippen LogP contribution in [0.1, 0.15) is 21.7 Å². The molecule has 4 nitrogen and oxygen atoms in total. The first-order chi connectivity index (χ1) is 10.5. The van der Waals surface area contributed by atoms with Gasteiger partial charge in [0.15, 0.2) is 0 Å². The van der Waals surface area contributed by atoms with Crippen molar-refractivity contribution in [3.05, 3.63) is 65.1 Å². The summed E-state index contributed by atoms with van der Waals surface area (Å²) >= 11 is 0. The SMILES string of the molecule is Cc1ccn2c(C(=O)Nc3c(F)cccc3F)c(C)nc2c1. The van der Waals surface area contributed by atoms with Gasteiger partial charge in [0, 0.05) is 6.20 Å². The van der Waals surface area contributed by atoms with E-state index in [1.165, 1.54) is 6.07 Å². The molecule has 0 aliphatic rings. The average molecular weight is 301 g/mol. The molecule has 2 heterocycles. The van der Waals surface area contributed by atoms with Crippen LogP contribution in [-0.2, 0) is 0 Å². The van der Waals surface area contributed by atoms with Crippen molar-refractivity contribution in [3.63, 3.8) is 0 Å². The van der Waals surface area contributed by atoms with Crippen molar-refractivity contribution in [2.24, 2.45) is 0 Å². The van der Waals surface area contributed by atoms with Gasteiger partial charge in [-0.25, -0.2) is 13.8 Å². The zero-order valence-electron chi connectivity index (χ0n) is 12.0. The lowest BCUT2D eigenvalue weighted by molar-refractivity contribution is 0.101. The summed E-state index contributed by atoms with van der Waals surface area (Å²) in [5.74, 6) is -2.26. The van der Waals surface area contributed by atoms with Crippen LogP contribution in [0.25, 0.3) is 5.65 Å². The molecule has 0 bridgehead atoms. The number of aromatic nitrogens is 2. The Hall–Kier alpha value is -2.76. The monoisotopic (exact) mass is 301 g/mol. The van der Waals surface area contributed by atoms with E-state index >= 15 is 0 Å². The standard InChI is InChI=1S/C16H13F2N3O/c1-9-6-7-21-13(8-9)19-10(2)15(21)16(22)20-14-11(17)4-3-5-12(14)18/h3-8H,1-2H3,(H,20,22). The zero-order chi connectivity index (χ0) is 15.9. The van der Waals surface area contributed by atoms with Crippen LogP contribution in [0, 0.1) is 25.5 Å². The second kappa shape index (κ2) is 5.22. The number of carbonyl (C=O) groups excluding carboxylic acids is 1. The van der Waals surface area contributed by atoms with Gasteiger partial charge in [0.1, 0.15) is 28.7 Å². The molecule has 0 saturated carbocycles. The molecule has 2 aromatic heterocycles. The van der Waals surface area contributed by atoms with Gasteiger partial charge in [-0.2, -0.15) is 0 Å². The Morgan fingerprint density at radius 2 is 1.86 bits per heavy atom. The number of benzene rings is 1. The number of hydrogen-bond acceptors (Lipinski definition) is 2. The molecule has 0 fully saturated rings. The lowest BCUT2D eigenvalue weighted by atomic mass is 10.2. The van der Waals surface area contributed by atoms with Gasteiger partial charge in [0.2, 0.25) is 0 Å². The van der Waals surface area contributed by atoms with Crippen LogP contribution in [-0.4, -0.2) is 15.3 Å². The summed E-state index contributed by atoms with van der Waals surface area (Å²) in [7, 11) is 0. The molecule has 6 heteroatoms. The quantitative estimate of drug-likeness (QED) is 0.787. The van der Waals surface area contributed by atoms with E-state index in [1.807, 2.05) is 19.1 Å². The number of imidazole rings is 1. The minimum atomic E-state index is -0.823. The van der Waals surface area contributed by atoms with Gasteiger partial charge in [-0.1, -0.05) is 6.07 Å². The number of halogens is 2. The second-order valence-corrected chi connectivity index (χ2v) is 5.03. The second-order valence-electron chi connectivity index (χ2n) is 5.03. The van der Waals surface area contributed by atoms with Crippen LogP contribution in [0.3, 0.4) is 0 Å². The van der Waals surface area contributed by atoms with Crippen molar-refractivity contribution in [3.8, 4) is 0 Å². The summed E-state index contributed by atoms with van der Waals surface area (Å²) < 4.78 is 28.9. The molecule has 3 rings (SSSR count). The summed E-state index contributed by atoms with van der Waals surface area (Å²) in [4.78, 5) is 16.7. The molecule has 3 aromatic rings. The highest BCUT2D eigenvalue weighted by Gasteiger charge is 2.19. The number of fused-ring (bicyclic) bond motifs is 1. The van der Waals surface area contributed by atoms with Crippen molar-refractivity contribution in [2.75, 3.05) is 5.32 Å². The van der Waals surface area contributed by atoms with Crippen LogP contribution in [0.5, 0.6) is 0 Å². The predicted molar refractivity (Wildman–Crippen MR) is 79.0 cm³/mol. The number of para-hydroxylation sites is 1. The van der Waals surface area contributed by atoms with Gasteiger partial charge in [0.25, 0.3) is 5.91 Å². The summed E-state index contributed by atoms with van der Waals surface area (Å²) in [6.07, 6.45) is 1.71. The van der Waals surface area contributed by atoms with Gasteiger partial charge >= 0.3 is 0 Å². The third-order valence-corrected chi connectivity index (χ3v) is 3.37. The molecule has 1 aromatic carbocycles. The number of amides is 1. The van der Waals surface area contributed by atoms with E-state index < -0.39 is 23.2 Å². The Kier molecular flexibility index (Phi) is 3.36. The normalized spacial score (nSPS) is 10.9. The van der Waals surface area contributed by atoms with E-state index in [9.17, 15) is 13.6 Å². The van der Waals surface area contributed by atoms with E-state index in [-0.39, 0.29) is 5.69 Å². The van der Waals surface area contributed by atoms with Crippen LogP contribution < -0.4 is 5.32 Å². The Bertz CT molecular complexity index is 866. The highest BCUT2D eigenvalue weighted by atomic mass is 19.1. The Balaban J connectivity index is 2.04. The van der Waals surface area contributed by atoms with Gasteiger partial charge in [-0.05, 0) is 43.7 Å². The molecule has 0 unspecified atom stereocenters. The highest BCUT2D eigenvalue weighted by Crippen LogP contribution is 2.20.